The molecule has 2 N–H and O–H groups in total. The lowest BCUT2D eigenvalue weighted by molar-refractivity contribution is -0.135. The van der Waals surface area contributed by atoms with Crippen LogP contribution in [0, 0.1) is 0 Å². The maximum atomic E-state index is 11.8. The fraction of sp³-hybridized carbons (Fsp3) is 0.889. The van der Waals surface area contributed by atoms with Gasteiger partial charge in [-0.1, -0.05) is 0 Å². The minimum Gasteiger partial charge on any atom is -0.363 e. The molecule has 17 heavy (non-hydrogen) atoms. The van der Waals surface area contributed by atoms with Crippen LogP contribution < -0.4 is 10.6 Å². The number of amides is 1. The second-order valence-corrected chi connectivity index (χ2v) is 5.15. The average molecular weight is 272 g/mol. The van der Waals surface area contributed by atoms with E-state index in [0.717, 1.165) is 0 Å². The van der Waals surface area contributed by atoms with E-state index in [0.29, 0.717) is 13.1 Å². The number of rotatable bonds is 6. The highest BCUT2D eigenvalue weighted by atomic mass is 32.2. The zero-order chi connectivity index (χ0) is 12.9. The number of halogens is 3. The minimum absolute atomic E-state index is 0.0126. The van der Waals surface area contributed by atoms with E-state index in [1.165, 1.54) is 0 Å². The van der Waals surface area contributed by atoms with Crippen LogP contribution in [0.25, 0.3) is 0 Å². The lowest BCUT2D eigenvalue weighted by atomic mass is 10.0. The monoisotopic (exact) mass is 272 g/mol. The van der Waals surface area contributed by atoms with Crippen LogP contribution in [0.3, 0.4) is 0 Å². The molecule has 4 nitrogen and oxygen atoms in total. The van der Waals surface area contributed by atoms with Crippen LogP contribution in [0.2, 0.25) is 0 Å². The van der Waals surface area contributed by atoms with E-state index >= 15 is 0 Å². The van der Waals surface area contributed by atoms with Crippen molar-refractivity contribution in [2.45, 2.75) is 18.0 Å². The molecule has 0 spiro atoms. The molecule has 1 amide bonds. The molecule has 0 saturated carbocycles. The van der Waals surface area contributed by atoms with E-state index in [4.69, 9.17) is 4.74 Å². The molecule has 1 heterocycles. The molecule has 1 fully saturated rings. The van der Waals surface area contributed by atoms with E-state index in [1.54, 1.807) is 0 Å². The van der Waals surface area contributed by atoms with Crippen molar-refractivity contribution in [3.8, 4) is 0 Å². The lowest BCUT2D eigenvalue weighted by Gasteiger charge is -2.38. The minimum atomic E-state index is -4.24. The fourth-order valence-corrected chi connectivity index (χ4v) is 1.66. The number of thioether (sulfide) groups is 1. The molecule has 100 valence electrons. The van der Waals surface area contributed by atoms with E-state index in [-0.39, 0.29) is 42.2 Å². The van der Waals surface area contributed by atoms with Gasteiger partial charge in [0.2, 0.25) is 5.91 Å². The first-order chi connectivity index (χ1) is 7.81. The SMILES string of the molecule is CC1(OCC(=O)NCCSC(F)(F)F)CNC1. The Hall–Kier alpha value is -0.470. The third-order valence-electron chi connectivity index (χ3n) is 2.24. The third kappa shape index (κ3) is 6.13. The van der Waals surface area contributed by atoms with Crippen molar-refractivity contribution in [2.75, 3.05) is 32.0 Å². The van der Waals surface area contributed by atoms with Gasteiger partial charge in [-0.05, 0) is 18.7 Å². The quantitative estimate of drug-likeness (QED) is 0.700. The number of ether oxygens (including phenoxy) is 1. The lowest BCUT2D eigenvalue weighted by Crippen LogP contribution is -2.59. The number of hydrogen-bond donors (Lipinski definition) is 2. The van der Waals surface area contributed by atoms with Crippen LogP contribution in [0.1, 0.15) is 6.92 Å². The second kappa shape index (κ2) is 5.92. The van der Waals surface area contributed by atoms with Crippen LogP contribution >= 0.6 is 11.8 Å². The number of carbonyl (C=O) groups is 1. The van der Waals surface area contributed by atoms with Crippen molar-refractivity contribution in [3.05, 3.63) is 0 Å². The van der Waals surface area contributed by atoms with Crippen molar-refractivity contribution in [3.63, 3.8) is 0 Å². The topological polar surface area (TPSA) is 50.4 Å². The normalized spacial score (nSPS) is 18.6. The Morgan fingerprint density at radius 2 is 2.18 bits per heavy atom. The molecular weight excluding hydrogens is 257 g/mol. The summed E-state index contributed by atoms with van der Waals surface area (Å²) in [6.07, 6.45) is 0. The summed E-state index contributed by atoms with van der Waals surface area (Å²) in [5, 5.41) is 5.38. The van der Waals surface area contributed by atoms with Gasteiger partial charge in [0.05, 0.1) is 5.60 Å². The molecule has 0 aromatic rings. The fourth-order valence-electron chi connectivity index (χ4n) is 1.23. The highest BCUT2D eigenvalue weighted by Crippen LogP contribution is 2.29. The zero-order valence-corrected chi connectivity index (χ0v) is 10.2. The Bertz CT molecular complexity index is 269. The van der Waals surface area contributed by atoms with Crippen LogP contribution in [-0.2, 0) is 9.53 Å². The molecule has 0 aliphatic carbocycles. The highest BCUT2D eigenvalue weighted by molar-refractivity contribution is 8.00. The maximum absolute atomic E-state index is 11.8. The summed E-state index contributed by atoms with van der Waals surface area (Å²) in [6.45, 7) is 3.11. The molecule has 1 aliphatic heterocycles. The van der Waals surface area contributed by atoms with Gasteiger partial charge in [0, 0.05) is 25.4 Å². The van der Waals surface area contributed by atoms with Gasteiger partial charge >= 0.3 is 5.51 Å². The maximum Gasteiger partial charge on any atom is 0.441 e. The summed E-state index contributed by atoms with van der Waals surface area (Å²) < 4.78 is 40.6. The van der Waals surface area contributed by atoms with E-state index < -0.39 is 5.51 Å². The van der Waals surface area contributed by atoms with Crippen LogP contribution in [-0.4, -0.2) is 49.0 Å². The summed E-state index contributed by atoms with van der Waals surface area (Å²) in [6, 6.07) is 0. The Morgan fingerprint density at radius 3 is 2.65 bits per heavy atom. The molecule has 8 heteroatoms. The van der Waals surface area contributed by atoms with Crippen molar-refractivity contribution in [2.24, 2.45) is 0 Å². The highest BCUT2D eigenvalue weighted by Gasteiger charge is 2.33. The molecule has 0 aromatic heterocycles. The zero-order valence-electron chi connectivity index (χ0n) is 9.39. The van der Waals surface area contributed by atoms with E-state index in [2.05, 4.69) is 10.6 Å². The van der Waals surface area contributed by atoms with Gasteiger partial charge in [-0.25, -0.2) is 0 Å². The van der Waals surface area contributed by atoms with Gasteiger partial charge < -0.3 is 15.4 Å². The van der Waals surface area contributed by atoms with Crippen LogP contribution in [0.4, 0.5) is 13.2 Å². The van der Waals surface area contributed by atoms with Gasteiger partial charge in [0.15, 0.2) is 0 Å². The molecule has 1 aliphatic rings. The standard InChI is InChI=1S/C9H15F3N2O2S/c1-8(5-13-6-8)16-4-7(15)14-2-3-17-9(10,11)12/h13H,2-6H2,1H3,(H,14,15). The number of alkyl halides is 3. The van der Waals surface area contributed by atoms with Gasteiger partial charge in [0.25, 0.3) is 0 Å². The Balaban J connectivity index is 2.01. The molecular formula is C9H15F3N2O2S. The predicted molar refractivity (Wildman–Crippen MR) is 58.7 cm³/mol. The number of nitrogens with one attached hydrogen (secondary N) is 2. The predicted octanol–water partition coefficient (Wildman–Crippen LogP) is 0.734. The van der Waals surface area contributed by atoms with Crippen molar-refractivity contribution in [1.82, 2.24) is 10.6 Å². The first-order valence-corrected chi connectivity index (χ1v) is 6.11. The first kappa shape index (κ1) is 14.6. The Kier molecular flexibility index (Phi) is 5.08. The summed E-state index contributed by atoms with van der Waals surface area (Å²) in [5.41, 5.74) is -4.57. The van der Waals surface area contributed by atoms with Crippen molar-refractivity contribution < 1.29 is 22.7 Å². The van der Waals surface area contributed by atoms with E-state index in [9.17, 15) is 18.0 Å². The first-order valence-electron chi connectivity index (χ1n) is 5.13. The second-order valence-electron chi connectivity index (χ2n) is 3.99. The average Bonchev–Trinajstić information content (AvgIpc) is 2.17. The Morgan fingerprint density at radius 1 is 1.53 bits per heavy atom. The molecule has 1 rings (SSSR count). The molecule has 0 radical (unpaired) electrons. The summed E-state index contributed by atoms with van der Waals surface area (Å²) in [4.78, 5) is 11.2. The molecule has 0 bridgehead atoms. The van der Waals surface area contributed by atoms with Crippen LogP contribution in [0.5, 0.6) is 0 Å². The largest absolute Gasteiger partial charge is 0.441 e. The number of hydrogen-bond acceptors (Lipinski definition) is 4. The molecule has 1 saturated heterocycles. The summed E-state index contributed by atoms with van der Waals surface area (Å²) >= 11 is -0.151. The van der Waals surface area contributed by atoms with E-state index in [1.807, 2.05) is 6.92 Å². The van der Waals surface area contributed by atoms with Gasteiger partial charge in [-0.2, -0.15) is 13.2 Å². The molecule has 0 atom stereocenters. The molecule has 0 unspecified atom stereocenters. The van der Waals surface area contributed by atoms with Crippen LogP contribution in [0.15, 0.2) is 0 Å². The van der Waals surface area contributed by atoms with Crippen molar-refractivity contribution >= 4 is 17.7 Å². The smallest absolute Gasteiger partial charge is 0.363 e. The van der Waals surface area contributed by atoms with Gasteiger partial charge in [-0.15, -0.1) is 0 Å². The third-order valence-corrected chi connectivity index (χ3v) is 2.98. The van der Waals surface area contributed by atoms with Gasteiger partial charge in [-0.3, -0.25) is 4.79 Å². The van der Waals surface area contributed by atoms with Gasteiger partial charge in [0.1, 0.15) is 6.61 Å². The summed E-state index contributed by atoms with van der Waals surface area (Å²) in [5.74, 6) is -0.575. The summed E-state index contributed by atoms with van der Waals surface area (Å²) in [7, 11) is 0. The number of carbonyl (C=O) groups excluding carboxylic acids is 1. The van der Waals surface area contributed by atoms with Crippen molar-refractivity contribution in [1.29, 1.82) is 0 Å². The Labute approximate surface area is 102 Å². The molecule has 0 aromatic carbocycles.